The molecule has 1 aromatic heterocycles. The molecule has 0 radical (unpaired) electrons. The number of hydrogen-bond acceptors (Lipinski definition) is 8. The third kappa shape index (κ3) is 3.27. The highest BCUT2D eigenvalue weighted by atomic mass is 32.2. The van der Waals surface area contributed by atoms with E-state index in [9.17, 15) is 8.42 Å². The second-order valence-corrected chi connectivity index (χ2v) is 10.2. The van der Waals surface area contributed by atoms with Gasteiger partial charge < -0.3 is 23.7 Å². The highest BCUT2D eigenvalue weighted by Gasteiger charge is 2.65. The van der Waals surface area contributed by atoms with Crippen molar-refractivity contribution < 1.29 is 36.3 Å². The molecule has 1 aromatic carbocycles. The van der Waals surface area contributed by atoms with Crippen LogP contribution >= 0.6 is 0 Å². The van der Waals surface area contributed by atoms with Gasteiger partial charge in [0.25, 0.3) is 0 Å². The van der Waals surface area contributed by atoms with Gasteiger partial charge in [-0.2, -0.15) is 8.42 Å². The van der Waals surface area contributed by atoms with E-state index in [1.165, 1.54) is 6.20 Å². The van der Waals surface area contributed by atoms with E-state index in [0.29, 0.717) is 5.52 Å². The first-order valence-corrected chi connectivity index (χ1v) is 11.2. The summed E-state index contributed by atoms with van der Waals surface area (Å²) in [5.41, 5.74) is 0.523. The molecule has 3 fully saturated rings. The average molecular weight is 439 g/mol. The van der Waals surface area contributed by atoms with Crippen LogP contribution < -0.4 is 0 Å². The van der Waals surface area contributed by atoms with Gasteiger partial charge in [-0.1, -0.05) is 18.2 Å². The van der Waals surface area contributed by atoms with Crippen LogP contribution in [0.4, 0.5) is 0 Å². The summed E-state index contributed by atoms with van der Waals surface area (Å²) in [6.45, 7) is 6.88. The van der Waals surface area contributed by atoms with Gasteiger partial charge in [0, 0.05) is 11.6 Å². The maximum absolute atomic E-state index is 13.0. The molecule has 30 heavy (non-hydrogen) atoms. The number of ether oxygens (including phenoxy) is 5. The number of nitrogens with zero attached hydrogens (tertiary/aromatic N) is 1. The number of rotatable bonds is 4. The van der Waals surface area contributed by atoms with Crippen LogP contribution in [0.5, 0.6) is 0 Å². The predicted molar refractivity (Wildman–Crippen MR) is 105 cm³/mol. The molecule has 9 nitrogen and oxygen atoms in total. The van der Waals surface area contributed by atoms with Gasteiger partial charge in [0.1, 0.15) is 24.9 Å². The fourth-order valence-electron chi connectivity index (χ4n) is 4.41. The quantitative estimate of drug-likeness (QED) is 0.715. The zero-order chi connectivity index (χ0) is 21.4. The largest absolute Gasteiger partial charge is 0.366 e. The smallest absolute Gasteiger partial charge is 0.343 e. The van der Waals surface area contributed by atoms with E-state index < -0.39 is 39.9 Å². The average Bonchev–Trinajstić information content (AvgIpc) is 3.30. The maximum atomic E-state index is 13.0. The van der Waals surface area contributed by atoms with E-state index in [2.05, 4.69) is 0 Å². The van der Waals surface area contributed by atoms with Crippen LogP contribution in [0.3, 0.4) is 0 Å². The first-order valence-electron chi connectivity index (χ1n) is 9.84. The van der Waals surface area contributed by atoms with Gasteiger partial charge in [-0.05, 0) is 39.8 Å². The number of para-hydroxylation sites is 1. The van der Waals surface area contributed by atoms with Crippen LogP contribution in [-0.2, 0) is 38.2 Å². The molecule has 4 heterocycles. The summed E-state index contributed by atoms with van der Waals surface area (Å²) in [7, 11) is -4.14. The van der Waals surface area contributed by atoms with Crippen molar-refractivity contribution in [2.45, 2.75) is 63.4 Å². The molecule has 0 amide bonds. The van der Waals surface area contributed by atoms with E-state index in [-0.39, 0.29) is 19.3 Å². The normalized spacial score (nSPS) is 34.7. The minimum absolute atomic E-state index is 0.167. The van der Waals surface area contributed by atoms with Crippen molar-refractivity contribution in [3.8, 4) is 0 Å². The van der Waals surface area contributed by atoms with Gasteiger partial charge in [-0.3, -0.25) is 0 Å². The zero-order valence-electron chi connectivity index (χ0n) is 17.2. The second kappa shape index (κ2) is 6.49. The summed E-state index contributed by atoms with van der Waals surface area (Å²) in [4.78, 5) is 0. The van der Waals surface area contributed by atoms with Crippen molar-refractivity contribution in [2.24, 2.45) is 0 Å². The molecule has 4 atom stereocenters. The molecule has 5 rings (SSSR count). The van der Waals surface area contributed by atoms with Crippen molar-refractivity contribution in [1.29, 1.82) is 0 Å². The van der Waals surface area contributed by atoms with E-state index >= 15 is 0 Å². The number of benzene rings is 1. The van der Waals surface area contributed by atoms with Gasteiger partial charge in [0.2, 0.25) is 5.79 Å². The topological polar surface area (TPSA) is 94.5 Å². The molecule has 0 unspecified atom stereocenters. The molecule has 0 spiro atoms. The van der Waals surface area contributed by atoms with Crippen molar-refractivity contribution in [2.75, 3.05) is 13.2 Å². The van der Waals surface area contributed by atoms with Crippen molar-refractivity contribution in [1.82, 2.24) is 3.97 Å². The first kappa shape index (κ1) is 20.4. The SMILES string of the molecule is CC1(C)O[C@@H]2[C@@H](CO[C@@]3(COS(=O)(=O)n4ccc5ccccc54)OC(C)(C)O[C@@H]23)O1. The van der Waals surface area contributed by atoms with Crippen LogP contribution in [0.1, 0.15) is 27.7 Å². The molecular formula is C20H25NO8S. The molecule has 3 saturated heterocycles. The van der Waals surface area contributed by atoms with Gasteiger partial charge >= 0.3 is 10.3 Å². The van der Waals surface area contributed by atoms with Gasteiger partial charge in [0.15, 0.2) is 11.6 Å². The van der Waals surface area contributed by atoms with Crippen LogP contribution in [0, 0.1) is 0 Å². The Balaban J connectivity index is 1.43. The lowest BCUT2D eigenvalue weighted by Gasteiger charge is -2.40. The molecule has 164 valence electrons. The zero-order valence-corrected chi connectivity index (χ0v) is 18.0. The summed E-state index contributed by atoms with van der Waals surface area (Å²) in [5, 5.41) is 0.790. The molecule has 10 heteroatoms. The molecule has 0 N–H and O–H groups in total. The summed E-state index contributed by atoms with van der Waals surface area (Å²) in [6, 6.07) is 8.86. The lowest BCUT2D eigenvalue weighted by Crippen LogP contribution is -2.60. The van der Waals surface area contributed by atoms with Crippen molar-refractivity contribution in [3.05, 3.63) is 36.5 Å². The van der Waals surface area contributed by atoms with Crippen LogP contribution in [-0.4, -0.2) is 61.3 Å². The van der Waals surface area contributed by atoms with Gasteiger partial charge in [0.05, 0.1) is 12.1 Å². The van der Waals surface area contributed by atoms with Crippen LogP contribution in [0.15, 0.2) is 36.5 Å². The van der Waals surface area contributed by atoms with E-state index in [4.69, 9.17) is 27.9 Å². The lowest BCUT2D eigenvalue weighted by molar-refractivity contribution is -0.290. The minimum Gasteiger partial charge on any atom is -0.343 e. The molecular weight excluding hydrogens is 414 g/mol. The Bertz CT molecular complexity index is 1080. The van der Waals surface area contributed by atoms with Crippen molar-refractivity contribution >= 4 is 21.2 Å². The van der Waals surface area contributed by atoms with Crippen LogP contribution in [0.25, 0.3) is 10.9 Å². The van der Waals surface area contributed by atoms with Crippen LogP contribution in [0.2, 0.25) is 0 Å². The Morgan fingerprint density at radius 3 is 2.63 bits per heavy atom. The fraction of sp³-hybridized carbons (Fsp3) is 0.600. The van der Waals surface area contributed by atoms with Gasteiger partial charge in [-0.25, -0.2) is 8.16 Å². The first-order chi connectivity index (χ1) is 14.0. The molecule has 2 aromatic rings. The summed E-state index contributed by atoms with van der Waals surface area (Å²) >= 11 is 0. The second-order valence-electron chi connectivity index (χ2n) is 8.69. The maximum Gasteiger partial charge on any atom is 0.366 e. The fourth-order valence-corrected chi connectivity index (χ4v) is 5.46. The Morgan fingerprint density at radius 2 is 1.83 bits per heavy atom. The summed E-state index contributed by atoms with van der Waals surface area (Å²) in [6.07, 6.45) is -0.0845. The Kier molecular flexibility index (Phi) is 4.41. The summed E-state index contributed by atoms with van der Waals surface area (Å²) < 4.78 is 62.4. The van der Waals surface area contributed by atoms with E-state index in [0.717, 1.165) is 9.36 Å². The number of hydrogen-bond donors (Lipinski definition) is 0. The molecule has 0 saturated carbocycles. The lowest BCUT2D eigenvalue weighted by atomic mass is 9.98. The molecule has 3 aliphatic heterocycles. The molecule has 3 aliphatic rings. The van der Waals surface area contributed by atoms with Gasteiger partial charge in [-0.15, -0.1) is 0 Å². The minimum atomic E-state index is -4.14. The monoisotopic (exact) mass is 439 g/mol. The summed E-state index contributed by atoms with van der Waals surface area (Å²) in [5.74, 6) is -3.25. The standard InChI is InChI=1S/C20H25NO8S/c1-18(2)26-15-11-24-20(17(16(15)27-18)28-19(3,4)29-20)12-25-30(22,23)21-10-9-13-7-5-6-8-14(13)21/h5-10,15-17H,11-12H2,1-4H3/t15-,16-,17+,20+/m1/s1. The Hall–Kier alpha value is -1.53. The Labute approximate surface area is 175 Å². The molecule has 0 aliphatic carbocycles. The third-order valence-corrected chi connectivity index (χ3v) is 6.70. The Morgan fingerprint density at radius 1 is 1.07 bits per heavy atom. The van der Waals surface area contributed by atoms with E-state index in [1.54, 1.807) is 32.0 Å². The van der Waals surface area contributed by atoms with Crippen molar-refractivity contribution in [3.63, 3.8) is 0 Å². The number of aromatic nitrogens is 1. The van der Waals surface area contributed by atoms with E-state index in [1.807, 2.05) is 26.0 Å². The highest BCUT2D eigenvalue weighted by molar-refractivity contribution is 7.85. The number of fused-ring (bicyclic) bond motifs is 4. The highest BCUT2D eigenvalue weighted by Crippen LogP contribution is 2.47. The third-order valence-electron chi connectivity index (χ3n) is 5.49. The molecule has 0 bridgehead atoms. The predicted octanol–water partition coefficient (Wildman–Crippen LogP) is 2.15.